The Kier molecular flexibility index (Phi) is 2.55. The predicted molar refractivity (Wildman–Crippen MR) is 48.7 cm³/mol. The van der Waals surface area contributed by atoms with Crippen LogP contribution in [-0.4, -0.2) is 37.6 Å². The maximum atomic E-state index is 3.34. The van der Waals surface area contributed by atoms with E-state index < -0.39 is 0 Å². The van der Waals surface area contributed by atoms with Crippen molar-refractivity contribution in [2.45, 2.75) is 25.8 Å². The minimum absolute atomic E-state index is 0.325. The topological polar surface area (TPSA) is 15.3 Å². The summed E-state index contributed by atoms with van der Waals surface area (Å²) in [5.74, 6) is 0.919. The molecule has 1 saturated heterocycles. The molecule has 11 heavy (non-hydrogen) atoms. The summed E-state index contributed by atoms with van der Waals surface area (Å²) in [5, 5.41) is 3.34. The van der Waals surface area contributed by atoms with Crippen molar-refractivity contribution < 1.29 is 0 Å². The first kappa shape index (κ1) is 9.01. The van der Waals surface area contributed by atoms with E-state index in [-0.39, 0.29) is 0 Å². The molecule has 0 bridgehead atoms. The van der Waals surface area contributed by atoms with Gasteiger partial charge >= 0.3 is 0 Å². The number of likely N-dealkylation sites (tertiary alicyclic amines) is 1. The molecule has 0 aromatic carbocycles. The first-order valence-electron chi connectivity index (χ1n) is 4.41. The highest BCUT2D eigenvalue weighted by atomic mass is 15.2. The van der Waals surface area contributed by atoms with Crippen LogP contribution in [0.4, 0.5) is 0 Å². The highest BCUT2D eigenvalue weighted by molar-refractivity contribution is 4.86. The molecule has 0 aromatic heterocycles. The van der Waals surface area contributed by atoms with E-state index in [0.29, 0.717) is 5.54 Å². The Balaban J connectivity index is 2.21. The Morgan fingerprint density at radius 1 is 1.45 bits per heavy atom. The molecule has 1 fully saturated rings. The van der Waals surface area contributed by atoms with Gasteiger partial charge in [-0.3, -0.25) is 0 Å². The predicted octanol–water partition coefficient (Wildman–Crippen LogP) is 0.936. The van der Waals surface area contributed by atoms with Gasteiger partial charge in [0.05, 0.1) is 0 Å². The smallest absolute Gasteiger partial charge is 0.0125 e. The molecule has 66 valence electrons. The van der Waals surface area contributed by atoms with Crippen molar-refractivity contribution in [3.63, 3.8) is 0 Å². The second-order valence-corrected chi connectivity index (χ2v) is 4.43. The summed E-state index contributed by atoms with van der Waals surface area (Å²) in [6.07, 6.45) is 1.30. The van der Waals surface area contributed by atoms with Crippen LogP contribution in [0.15, 0.2) is 0 Å². The Hall–Kier alpha value is -0.0800. The van der Waals surface area contributed by atoms with E-state index in [4.69, 9.17) is 0 Å². The zero-order valence-corrected chi connectivity index (χ0v) is 8.15. The van der Waals surface area contributed by atoms with Crippen LogP contribution in [0.25, 0.3) is 0 Å². The molecule has 1 aliphatic rings. The second kappa shape index (κ2) is 3.11. The van der Waals surface area contributed by atoms with E-state index in [1.807, 2.05) is 7.05 Å². The number of nitrogens with zero attached hydrogens (tertiary/aromatic N) is 1. The lowest BCUT2D eigenvalue weighted by Gasteiger charge is -2.40. The van der Waals surface area contributed by atoms with Crippen LogP contribution in [0.5, 0.6) is 0 Å². The molecular weight excluding hydrogens is 136 g/mol. The fraction of sp³-hybridized carbons (Fsp3) is 1.00. The number of nitrogens with one attached hydrogen (secondary N) is 1. The lowest BCUT2D eigenvalue weighted by atomic mass is 9.86. The lowest BCUT2D eigenvalue weighted by Crippen LogP contribution is -2.49. The van der Waals surface area contributed by atoms with Crippen LogP contribution in [0.1, 0.15) is 20.3 Å². The Bertz CT molecular complexity index is 126. The van der Waals surface area contributed by atoms with Crippen molar-refractivity contribution in [3.8, 4) is 0 Å². The van der Waals surface area contributed by atoms with E-state index in [1.54, 1.807) is 0 Å². The van der Waals surface area contributed by atoms with Crippen molar-refractivity contribution in [3.05, 3.63) is 0 Å². The average molecular weight is 156 g/mol. The maximum absolute atomic E-state index is 3.34. The Morgan fingerprint density at radius 3 is 2.36 bits per heavy atom. The summed E-state index contributed by atoms with van der Waals surface area (Å²) in [6, 6.07) is 0. The minimum atomic E-state index is 0.325. The van der Waals surface area contributed by atoms with E-state index in [0.717, 1.165) is 5.92 Å². The van der Waals surface area contributed by atoms with E-state index in [2.05, 4.69) is 31.1 Å². The number of hydrogen-bond acceptors (Lipinski definition) is 2. The van der Waals surface area contributed by atoms with Gasteiger partial charge in [-0.15, -0.1) is 0 Å². The van der Waals surface area contributed by atoms with Gasteiger partial charge in [-0.05, 0) is 40.3 Å². The summed E-state index contributed by atoms with van der Waals surface area (Å²) in [7, 11) is 4.23. The fourth-order valence-corrected chi connectivity index (χ4v) is 1.78. The monoisotopic (exact) mass is 156 g/mol. The molecule has 0 aliphatic carbocycles. The van der Waals surface area contributed by atoms with Gasteiger partial charge in [0, 0.05) is 18.6 Å². The number of hydrogen-bond donors (Lipinski definition) is 1. The molecule has 0 aromatic rings. The minimum Gasteiger partial charge on any atom is -0.315 e. The molecular formula is C9H20N2. The molecule has 0 radical (unpaired) electrons. The lowest BCUT2D eigenvalue weighted by molar-refractivity contribution is 0.103. The van der Waals surface area contributed by atoms with Crippen molar-refractivity contribution in [1.82, 2.24) is 10.2 Å². The molecule has 0 atom stereocenters. The van der Waals surface area contributed by atoms with Crippen LogP contribution < -0.4 is 5.32 Å². The van der Waals surface area contributed by atoms with Crippen LogP contribution in [-0.2, 0) is 0 Å². The molecule has 1 N–H and O–H groups in total. The normalized spacial score (nSPS) is 21.8. The summed E-state index contributed by atoms with van der Waals surface area (Å²) < 4.78 is 0. The van der Waals surface area contributed by atoms with Crippen LogP contribution >= 0.6 is 0 Å². The van der Waals surface area contributed by atoms with Crippen molar-refractivity contribution in [2.75, 3.05) is 27.2 Å². The van der Waals surface area contributed by atoms with Gasteiger partial charge in [0.1, 0.15) is 0 Å². The molecule has 2 nitrogen and oxygen atoms in total. The largest absolute Gasteiger partial charge is 0.315 e. The van der Waals surface area contributed by atoms with Gasteiger partial charge in [0.15, 0.2) is 0 Å². The van der Waals surface area contributed by atoms with E-state index in [1.165, 1.54) is 19.5 Å². The third kappa shape index (κ3) is 2.46. The summed E-state index contributed by atoms with van der Waals surface area (Å²) in [5.41, 5.74) is 0.325. The van der Waals surface area contributed by atoms with Gasteiger partial charge in [-0.2, -0.15) is 0 Å². The van der Waals surface area contributed by atoms with Crippen LogP contribution in [0.3, 0.4) is 0 Å². The van der Waals surface area contributed by atoms with Gasteiger partial charge in [0.25, 0.3) is 0 Å². The summed E-state index contributed by atoms with van der Waals surface area (Å²) >= 11 is 0. The van der Waals surface area contributed by atoms with Crippen molar-refractivity contribution in [2.24, 2.45) is 5.92 Å². The molecule has 2 heteroatoms. The van der Waals surface area contributed by atoms with E-state index >= 15 is 0 Å². The maximum Gasteiger partial charge on any atom is 0.0125 e. The first-order chi connectivity index (χ1) is 5.03. The highest BCUT2D eigenvalue weighted by Gasteiger charge is 2.28. The van der Waals surface area contributed by atoms with Crippen molar-refractivity contribution in [1.29, 1.82) is 0 Å². The van der Waals surface area contributed by atoms with Crippen LogP contribution in [0.2, 0.25) is 0 Å². The van der Waals surface area contributed by atoms with Crippen molar-refractivity contribution >= 4 is 0 Å². The molecule has 0 unspecified atom stereocenters. The average Bonchev–Trinajstić information content (AvgIpc) is 1.84. The van der Waals surface area contributed by atoms with E-state index in [9.17, 15) is 0 Å². The molecule has 0 amide bonds. The zero-order valence-electron chi connectivity index (χ0n) is 8.15. The first-order valence-corrected chi connectivity index (χ1v) is 4.41. The van der Waals surface area contributed by atoms with Gasteiger partial charge < -0.3 is 10.2 Å². The highest BCUT2D eigenvalue weighted by Crippen LogP contribution is 2.23. The molecule has 0 spiro atoms. The van der Waals surface area contributed by atoms with Gasteiger partial charge in [0.2, 0.25) is 0 Å². The standard InChI is InChI=1S/C9H20N2/c1-9(2,10-3)5-8-6-11(4)7-8/h8,10H,5-7H2,1-4H3. The quantitative estimate of drug-likeness (QED) is 0.654. The Morgan fingerprint density at radius 2 is 2.00 bits per heavy atom. The molecule has 1 aliphatic heterocycles. The summed E-state index contributed by atoms with van der Waals surface area (Å²) in [6.45, 7) is 7.10. The SMILES string of the molecule is CNC(C)(C)CC1CN(C)C1. The zero-order chi connectivity index (χ0) is 8.48. The third-order valence-corrected chi connectivity index (χ3v) is 2.62. The third-order valence-electron chi connectivity index (χ3n) is 2.62. The second-order valence-electron chi connectivity index (χ2n) is 4.43. The number of rotatable bonds is 3. The molecule has 1 heterocycles. The molecule has 1 rings (SSSR count). The van der Waals surface area contributed by atoms with Crippen LogP contribution in [0, 0.1) is 5.92 Å². The van der Waals surface area contributed by atoms with Gasteiger partial charge in [-0.25, -0.2) is 0 Å². The Labute approximate surface area is 70.0 Å². The summed E-state index contributed by atoms with van der Waals surface area (Å²) in [4.78, 5) is 2.37. The van der Waals surface area contributed by atoms with Gasteiger partial charge in [-0.1, -0.05) is 0 Å². The molecule has 0 saturated carbocycles. The fourth-order valence-electron chi connectivity index (χ4n) is 1.78.